The van der Waals surface area contributed by atoms with Crippen LogP contribution in [0.4, 0.5) is 18.9 Å². The molecule has 16 heteroatoms. The van der Waals surface area contributed by atoms with Crippen molar-refractivity contribution in [2.45, 2.75) is 75.5 Å². The number of anilines is 1. The number of methoxy groups -OCH3 is 1. The molecule has 1 unspecified atom stereocenters. The van der Waals surface area contributed by atoms with Gasteiger partial charge in [-0.2, -0.15) is 18.3 Å². The van der Waals surface area contributed by atoms with Gasteiger partial charge in [-0.25, -0.2) is 9.78 Å². The van der Waals surface area contributed by atoms with Crippen molar-refractivity contribution >= 4 is 45.3 Å². The van der Waals surface area contributed by atoms with Crippen LogP contribution in [0.25, 0.3) is 21.9 Å². The molecule has 1 atom stereocenters. The minimum Gasteiger partial charge on any atom is -0.494 e. The lowest BCUT2D eigenvalue weighted by Gasteiger charge is -2.37. The van der Waals surface area contributed by atoms with E-state index in [0.29, 0.717) is 29.3 Å². The number of hydrogen-bond donors (Lipinski definition) is 2. The Labute approximate surface area is 319 Å². The summed E-state index contributed by atoms with van der Waals surface area (Å²) >= 11 is 0. The third-order valence-corrected chi connectivity index (χ3v) is 11.8. The molecule has 1 aliphatic carbocycles. The van der Waals surface area contributed by atoms with Gasteiger partial charge in [-0.15, -0.1) is 0 Å². The number of para-hydroxylation sites is 1. The molecule has 3 fully saturated rings. The second-order valence-corrected chi connectivity index (χ2v) is 15.2. The highest BCUT2D eigenvalue weighted by Crippen LogP contribution is 2.38. The average Bonchev–Trinajstić information content (AvgIpc) is 3.72. The third kappa shape index (κ3) is 7.17. The molecule has 5 aromatic rings. The molecule has 1 saturated carbocycles. The molecule has 56 heavy (non-hydrogen) atoms. The number of benzene rings is 2. The Bertz CT molecular complexity index is 2380. The zero-order valence-electron chi connectivity index (χ0n) is 31.1. The molecule has 13 nitrogen and oxygen atoms in total. The number of halogens is 3. The molecule has 2 N–H and O–H groups in total. The highest BCUT2D eigenvalue weighted by Gasteiger charge is 2.35. The molecule has 0 spiro atoms. The van der Waals surface area contributed by atoms with Crippen LogP contribution in [0.15, 0.2) is 59.5 Å². The number of aryl methyl sites for hydroxylation is 1. The van der Waals surface area contributed by atoms with Crippen LogP contribution in [0, 0.1) is 5.92 Å². The maximum absolute atomic E-state index is 13.4. The maximum Gasteiger partial charge on any atom is 0.433 e. The number of imide groups is 1. The van der Waals surface area contributed by atoms with E-state index >= 15 is 0 Å². The van der Waals surface area contributed by atoms with Gasteiger partial charge in [-0.1, -0.05) is 18.2 Å². The number of ether oxygens (including phenoxy) is 1. The molecule has 294 valence electrons. The first-order valence-electron chi connectivity index (χ1n) is 19.1. The van der Waals surface area contributed by atoms with E-state index in [9.17, 15) is 32.3 Å². The Morgan fingerprint density at radius 2 is 1.73 bits per heavy atom. The number of amides is 3. The Morgan fingerprint density at radius 3 is 2.45 bits per heavy atom. The number of aromatic nitrogens is 5. The second-order valence-electron chi connectivity index (χ2n) is 15.2. The SMILES string of the molecule is COc1cc2nn([C@H]3CC[C@H](CN4CCC(c5cccc6c5n(C)c(=O)n6C5CCC(=O)NC5=O)CC4)CC3)cc2cc1NC(=O)c1cccc(C(F)(F)F)n1. The predicted octanol–water partition coefficient (Wildman–Crippen LogP) is 5.95. The fourth-order valence-corrected chi connectivity index (χ4v) is 8.84. The van der Waals surface area contributed by atoms with Gasteiger partial charge < -0.3 is 15.0 Å². The number of fused-ring (bicyclic) bond motifs is 2. The van der Waals surface area contributed by atoms with Crippen LogP contribution >= 0.6 is 0 Å². The van der Waals surface area contributed by atoms with E-state index in [1.54, 1.807) is 28.3 Å². The molecule has 0 radical (unpaired) electrons. The van der Waals surface area contributed by atoms with Crippen molar-refractivity contribution in [2.24, 2.45) is 13.0 Å². The van der Waals surface area contributed by atoms with E-state index in [1.165, 1.54) is 13.2 Å². The van der Waals surface area contributed by atoms with E-state index in [-0.39, 0.29) is 35.7 Å². The smallest absolute Gasteiger partial charge is 0.433 e. The van der Waals surface area contributed by atoms with Gasteiger partial charge in [0, 0.05) is 37.7 Å². The fraction of sp³-hybridized carbons (Fsp3) is 0.450. The molecule has 3 aromatic heterocycles. The molecular weight excluding hydrogens is 729 g/mol. The number of alkyl halides is 3. The number of carbonyl (C=O) groups excluding carboxylic acids is 3. The van der Waals surface area contributed by atoms with E-state index in [4.69, 9.17) is 9.84 Å². The van der Waals surface area contributed by atoms with Crippen LogP contribution in [0.5, 0.6) is 5.75 Å². The Balaban J connectivity index is 0.877. The normalized spacial score (nSPS) is 21.4. The fourth-order valence-electron chi connectivity index (χ4n) is 8.84. The van der Waals surface area contributed by atoms with Crippen LogP contribution in [0.2, 0.25) is 0 Å². The van der Waals surface area contributed by atoms with Crippen molar-refractivity contribution < 1.29 is 32.3 Å². The van der Waals surface area contributed by atoms with Crippen LogP contribution in [0.1, 0.15) is 91.1 Å². The number of rotatable bonds is 8. The number of carbonyl (C=O) groups is 3. The molecule has 8 rings (SSSR count). The summed E-state index contributed by atoms with van der Waals surface area (Å²) in [4.78, 5) is 56.8. The third-order valence-electron chi connectivity index (χ3n) is 11.8. The van der Waals surface area contributed by atoms with Gasteiger partial charge in [0.2, 0.25) is 11.8 Å². The molecule has 2 aliphatic heterocycles. The van der Waals surface area contributed by atoms with Crippen molar-refractivity contribution in [3.05, 3.63) is 82.2 Å². The first-order valence-corrected chi connectivity index (χ1v) is 19.1. The van der Waals surface area contributed by atoms with Crippen LogP contribution in [0.3, 0.4) is 0 Å². The predicted molar refractivity (Wildman–Crippen MR) is 201 cm³/mol. The summed E-state index contributed by atoms with van der Waals surface area (Å²) in [5.41, 5.74) is 1.95. The molecule has 5 heterocycles. The van der Waals surface area contributed by atoms with Gasteiger partial charge in [-0.3, -0.25) is 33.5 Å². The summed E-state index contributed by atoms with van der Waals surface area (Å²) in [6.45, 7) is 2.94. The Morgan fingerprint density at radius 1 is 0.982 bits per heavy atom. The summed E-state index contributed by atoms with van der Waals surface area (Å²) in [7, 11) is 3.21. The Kier molecular flexibility index (Phi) is 9.93. The van der Waals surface area contributed by atoms with Gasteiger partial charge in [0.25, 0.3) is 5.91 Å². The lowest BCUT2D eigenvalue weighted by molar-refractivity contribution is -0.141. The zero-order valence-corrected chi connectivity index (χ0v) is 31.1. The largest absolute Gasteiger partial charge is 0.494 e. The quantitative estimate of drug-likeness (QED) is 0.184. The van der Waals surface area contributed by atoms with Crippen LogP contribution in [-0.2, 0) is 22.8 Å². The van der Waals surface area contributed by atoms with Crippen LogP contribution < -0.4 is 21.1 Å². The number of imidazole rings is 1. The number of nitrogens with zero attached hydrogens (tertiary/aromatic N) is 6. The standard InChI is InChI=1S/C40H43F3N8O5/c1-48-36-27(5-3-7-31(36)51(39(48)55)32-13-14-35(52)46-38(32)54)24-15-17-49(18-16-24)21-23-9-11-26(12-10-23)50-22-25-19-30(33(56-2)20-29(25)47-50)45-37(53)28-6-4-8-34(44-28)40(41,42)43/h3-8,19-20,22-24,26,32H,9-18,21H2,1-2H3,(H,45,53)(H,46,52,54)/t23-,26-,32?. The average molecular weight is 773 g/mol. The van der Waals surface area contributed by atoms with Crippen molar-refractivity contribution in [2.75, 3.05) is 32.1 Å². The topological polar surface area (TPSA) is 145 Å². The molecule has 2 aromatic carbocycles. The van der Waals surface area contributed by atoms with E-state index in [0.717, 1.165) is 92.3 Å². The van der Waals surface area contributed by atoms with E-state index in [2.05, 4.69) is 26.6 Å². The van der Waals surface area contributed by atoms with Crippen molar-refractivity contribution in [3.63, 3.8) is 0 Å². The number of pyridine rings is 1. The lowest BCUT2D eigenvalue weighted by atomic mass is 9.84. The summed E-state index contributed by atoms with van der Waals surface area (Å²) in [5.74, 6) is -0.343. The number of likely N-dealkylation sites (tertiary alicyclic amines) is 1. The minimum absolute atomic E-state index is 0.204. The Hall–Kier alpha value is -5.51. The lowest BCUT2D eigenvalue weighted by Crippen LogP contribution is -2.44. The summed E-state index contributed by atoms with van der Waals surface area (Å²) in [6.07, 6.45) is 3.78. The van der Waals surface area contributed by atoms with Gasteiger partial charge >= 0.3 is 11.9 Å². The summed E-state index contributed by atoms with van der Waals surface area (Å²) in [5, 5.41) is 10.6. The van der Waals surface area contributed by atoms with Crippen LogP contribution in [-0.4, -0.2) is 73.3 Å². The molecule has 0 bridgehead atoms. The van der Waals surface area contributed by atoms with E-state index < -0.39 is 29.7 Å². The minimum atomic E-state index is -4.67. The highest BCUT2D eigenvalue weighted by atomic mass is 19.4. The van der Waals surface area contributed by atoms with Gasteiger partial charge in [-0.05, 0) is 99.7 Å². The van der Waals surface area contributed by atoms with Crippen molar-refractivity contribution in [3.8, 4) is 5.75 Å². The maximum atomic E-state index is 13.4. The summed E-state index contributed by atoms with van der Waals surface area (Å²) in [6, 6.07) is 12.1. The van der Waals surface area contributed by atoms with E-state index in [1.807, 2.05) is 23.0 Å². The number of hydrogen-bond acceptors (Lipinski definition) is 8. The number of nitrogens with one attached hydrogen (secondary N) is 2. The first-order chi connectivity index (χ1) is 26.9. The molecular formula is C40H43F3N8O5. The van der Waals surface area contributed by atoms with Gasteiger partial charge in [0.05, 0.1) is 35.4 Å². The molecule has 3 aliphatic rings. The first kappa shape index (κ1) is 37.4. The highest BCUT2D eigenvalue weighted by molar-refractivity contribution is 6.05. The zero-order chi connectivity index (χ0) is 39.3. The van der Waals surface area contributed by atoms with Gasteiger partial charge in [0.15, 0.2) is 0 Å². The monoisotopic (exact) mass is 772 g/mol. The summed E-state index contributed by atoms with van der Waals surface area (Å²) < 4.78 is 50.2. The second kappa shape index (κ2) is 14.9. The molecule has 3 amide bonds. The van der Waals surface area contributed by atoms with Crippen molar-refractivity contribution in [1.29, 1.82) is 0 Å². The molecule has 2 saturated heterocycles. The van der Waals surface area contributed by atoms with Crippen molar-refractivity contribution in [1.82, 2.24) is 34.1 Å². The van der Waals surface area contributed by atoms with Gasteiger partial charge in [0.1, 0.15) is 23.2 Å². The number of piperidine rings is 2.